The molecule has 1 atom stereocenters. The summed E-state index contributed by atoms with van der Waals surface area (Å²) < 4.78 is 27.0. The number of hydrogen-bond donors (Lipinski definition) is 1. The van der Waals surface area contributed by atoms with Gasteiger partial charge in [-0.3, -0.25) is 0 Å². The minimum absolute atomic E-state index is 0. The van der Waals surface area contributed by atoms with E-state index < -0.39 is 10.2 Å². The summed E-state index contributed by atoms with van der Waals surface area (Å²) in [7, 11) is -1.60. The normalized spacial score (nSPS) is 22.4. The molecule has 5 nitrogen and oxygen atoms in total. The zero-order chi connectivity index (χ0) is 11.5. The van der Waals surface area contributed by atoms with Crippen molar-refractivity contribution >= 4 is 22.6 Å². The number of hydrogen-bond acceptors (Lipinski definition) is 3. The molecule has 0 amide bonds. The molecule has 0 aromatic rings. The third-order valence-electron chi connectivity index (χ3n) is 2.84. The van der Waals surface area contributed by atoms with Gasteiger partial charge >= 0.3 is 0 Å². The predicted octanol–water partition coefficient (Wildman–Crippen LogP) is 0.275. The van der Waals surface area contributed by atoms with E-state index >= 15 is 0 Å². The standard InChI is InChI=1S/C9H21N3O2S.ClH/c1-3-5-11(2)15(13,14)12-6-4-9(7-10)8-12;/h9H,3-8,10H2,1-2H3;1H. The van der Waals surface area contributed by atoms with Gasteiger partial charge in [-0.25, -0.2) is 0 Å². The van der Waals surface area contributed by atoms with E-state index in [1.165, 1.54) is 4.31 Å². The van der Waals surface area contributed by atoms with E-state index in [1.807, 2.05) is 6.92 Å². The molecule has 1 rings (SSSR count). The third kappa shape index (κ3) is 3.56. The van der Waals surface area contributed by atoms with Crippen LogP contribution in [0.25, 0.3) is 0 Å². The lowest BCUT2D eigenvalue weighted by Crippen LogP contribution is -2.41. The van der Waals surface area contributed by atoms with Crippen molar-refractivity contribution in [2.45, 2.75) is 19.8 Å². The summed E-state index contributed by atoms with van der Waals surface area (Å²) in [5.41, 5.74) is 5.54. The van der Waals surface area contributed by atoms with E-state index in [9.17, 15) is 8.42 Å². The zero-order valence-electron chi connectivity index (χ0n) is 9.92. The van der Waals surface area contributed by atoms with Gasteiger partial charge in [-0.1, -0.05) is 6.92 Å². The number of halogens is 1. The maximum absolute atomic E-state index is 12.0. The zero-order valence-corrected chi connectivity index (χ0v) is 11.6. The Morgan fingerprint density at radius 3 is 2.56 bits per heavy atom. The smallest absolute Gasteiger partial charge is 0.281 e. The maximum atomic E-state index is 12.0. The predicted molar refractivity (Wildman–Crippen MR) is 67.8 cm³/mol. The summed E-state index contributed by atoms with van der Waals surface area (Å²) in [5.74, 6) is 0.329. The van der Waals surface area contributed by atoms with Crippen LogP contribution in [0.15, 0.2) is 0 Å². The second-order valence-electron chi connectivity index (χ2n) is 4.08. The average Bonchev–Trinajstić information content (AvgIpc) is 2.66. The van der Waals surface area contributed by atoms with E-state index in [-0.39, 0.29) is 12.4 Å². The van der Waals surface area contributed by atoms with Gasteiger partial charge in [-0.2, -0.15) is 17.0 Å². The summed E-state index contributed by atoms with van der Waals surface area (Å²) >= 11 is 0. The van der Waals surface area contributed by atoms with Gasteiger partial charge in [0.15, 0.2) is 0 Å². The molecule has 0 aliphatic carbocycles. The van der Waals surface area contributed by atoms with Crippen LogP contribution in [0.5, 0.6) is 0 Å². The highest BCUT2D eigenvalue weighted by Crippen LogP contribution is 2.19. The van der Waals surface area contributed by atoms with Crippen molar-refractivity contribution in [3.63, 3.8) is 0 Å². The van der Waals surface area contributed by atoms with Gasteiger partial charge in [0, 0.05) is 26.7 Å². The minimum atomic E-state index is -3.23. The molecule has 7 heteroatoms. The highest BCUT2D eigenvalue weighted by atomic mass is 35.5. The Bertz CT molecular complexity index is 297. The lowest BCUT2D eigenvalue weighted by atomic mass is 10.1. The molecule has 16 heavy (non-hydrogen) atoms. The molecule has 0 spiro atoms. The monoisotopic (exact) mass is 271 g/mol. The Labute approximate surface area is 105 Å². The summed E-state index contributed by atoms with van der Waals surface area (Å²) in [5, 5.41) is 0. The fourth-order valence-corrected chi connectivity index (χ4v) is 3.37. The minimum Gasteiger partial charge on any atom is -0.330 e. The molecule has 1 saturated heterocycles. The molecule has 0 aromatic carbocycles. The lowest BCUT2D eigenvalue weighted by Gasteiger charge is -2.23. The van der Waals surface area contributed by atoms with E-state index in [0.717, 1.165) is 12.8 Å². The van der Waals surface area contributed by atoms with Crippen molar-refractivity contribution in [1.82, 2.24) is 8.61 Å². The summed E-state index contributed by atoms with van der Waals surface area (Å²) in [6, 6.07) is 0. The molecular weight excluding hydrogens is 250 g/mol. The Balaban J connectivity index is 0.00000225. The van der Waals surface area contributed by atoms with Crippen molar-refractivity contribution < 1.29 is 8.42 Å². The highest BCUT2D eigenvalue weighted by molar-refractivity contribution is 7.86. The van der Waals surface area contributed by atoms with Crippen molar-refractivity contribution in [3.8, 4) is 0 Å². The SMILES string of the molecule is CCCN(C)S(=O)(=O)N1CCC(CN)C1.Cl. The molecule has 1 fully saturated rings. The van der Waals surface area contributed by atoms with E-state index in [0.29, 0.717) is 32.1 Å². The summed E-state index contributed by atoms with van der Waals surface area (Å²) in [6.07, 6.45) is 1.72. The van der Waals surface area contributed by atoms with E-state index in [2.05, 4.69) is 0 Å². The van der Waals surface area contributed by atoms with Gasteiger partial charge in [0.05, 0.1) is 0 Å². The molecular formula is C9H22ClN3O2S. The van der Waals surface area contributed by atoms with Gasteiger partial charge < -0.3 is 5.73 Å². The first kappa shape index (κ1) is 16.1. The molecule has 2 N–H and O–H groups in total. The van der Waals surface area contributed by atoms with Crippen LogP contribution in [0.1, 0.15) is 19.8 Å². The third-order valence-corrected chi connectivity index (χ3v) is 4.80. The van der Waals surface area contributed by atoms with Crippen LogP contribution in [0.4, 0.5) is 0 Å². The second-order valence-corrected chi connectivity index (χ2v) is 6.11. The Hall–Kier alpha value is 0.120. The molecule has 0 radical (unpaired) electrons. The summed E-state index contributed by atoms with van der Waals surface area (Å²) in [4.78, 5) is 0. The number of nitrogens with zero attached hydrogens (tertiary/aromatic N) is 2. The van der Waals surface area contributed by atoms with Gasteiger partial charge in [-0.05, 0) is 25.3 Å². The molecule has 0 aromatic heterocycles. The number of nitrogens with two attached hydrogens (primary N) is 1. The van der Waals surface area contributed by atoms with E-state index in [1.54, 1.807) is 11.4 Å². The summed E-state index contributed by atoms with van der Waals surface area (Å²) in [6.45, 7) is 4.31. The van der Waals surface area contributed by atoms with Crippen LogP contribution in [0.2, 0.25) is 0 Å². The van der Waals surface area contributed by atoms with Crippen LogP contribution < -0.4 is 5.73 Å². The largest absolute Gasteiger partial charge is 0.330 e. The molecule has 1 aliphatic rings. The number of rotatable bonds is 5. The molecule has 0 bridgehead atoms. The van der Waals surface area contributed by atoms with Crippen molar-refractivity contribution in [1.29, 1.82) is 0 Å². The van der Waals surface area contributed by atoms with Crippen molar-refractivity contribution in [2.75, 3.05) is 33.2 Å². The molecule has 1 unspecified atom stereocenters. The van der Waals surface area contributed by atoms with Crippen molar-refractivity contribution in [2.24, 2.45) is 11.7 Å². The maximum Gasteiger partial charge on any atom is 0.281 e. The fourth-order valence-electron chi connectivity index (χ4n) is 1.83. The van der Waals surface area contributed by atoms with Crippen LogP contribution in [-0.4, -0.2) is 50.3 Å². The first-order chi connectivity index (χ1) is 7.02. The highest BCUT2D eigenvalue weighted by Gasteiger charge is 2.32. The van der Waals surface area contributed by atoms with E-state index in [4.69, 9.17) is 5.73 Å². The lowest BCUT2D eigenvalue weighted by molar-refractivity contribution is 0.387. The van der Waals surface area contributed by atoms with Gasteiger partial charge in [-0.15, -0.1) is 12.4 Å². The van der Waals surface area contributed by atoms with Crippen LogP contribution in [-0.2, 0) is 10.2 Å². The molecule has 0 saturated carbocycles. The van der Waals surface area contributed by atoms with Gasteiger partial charge in [0.1, 0.15) is 0 Å². The molecule has 1 aliphatic heterocycles. The topological polar surface area (TPSA) is 66.6 Å². The average molecular weight is 272 g/mol. The van der Waals surface area contributed by atoms with Gasteiger partial charge in [0.2, 0.25) is 0 Å². The van der Waals surface area contributed by atoms with Gasteiger partial charge in [0.25, 0.3) is 10.2 Å². The Kier molecular flexibility index (Phi) is 6.81. The quantitative estimate of drug-likeness (QED) is 0.781. The van der Waals surface area contributed by atoms with Crippen LogP contribution in [0, 0.1) is 5.92 Å². The second kappa shape index (κ2) is 6.76. The Morgan fingerprint density at radius 1 is 1.50 bits per heavy atom. The first-order valence-electron chi connectivity index (χ1n) is 5.43. The Morgan fingerprint density at radius 2 is 2.12 bits per heavy atom. The molecule has 1 heterocycles. The van der Waals surface area contributed by atoms with Crippen LogP contribution >= 0.6 is 12.4 Å². The fraction of sp³-hybridized carbons (Fsp3) is 1.00. The van der Waals surface area contributed by atoms with Crippen molar-refractivity contribution in [3.05, 3.63) is 0 Å². The first-order valence-corrected chi connectivity index (χ1v) is 6.83. The van der Waals surface area contributed by atoms with Crippen LogP contribution in [0.3, 0.4) is 0 Å². The molecule has 98 valence electrons.